The molecule has 0 saturated heterocycles. The van der Waals surface area contributed by atoms with Crippen molar-refractivity contribution in [3.8, 4) is 11.5 Å². The molecule has 0 aliphatic carbocycles. The Labute approximate surface area is 225 Å². The van der Waals surface area contributed by atoms with Gasteiger partial charge >= 0.3 is 5.97 Å². The number of hydrogen-bond acceptors (Lipinski definition) is 6. The third kappa shape index (κ3) is 9.43. The molecule has 0 radical (unpaired) electrons. The molecule has 2 unspecified atom stereocenters. The quantitative estimate of drug-likeness (QED) is 0.114. The fourth-order valence-electron chi connectivity index (χ4n) is 4.59. The van der Waals surface area contributed by atoms with Crippen LogP contribution in [0.2, 0.25) is 18.1 Å². The Bertz CT molecular complexity index is 889. The number of benzene rings is 1. The van der Waals surface area contributed by atoms with Gasteiger partial charge in [0.05, 0.1) is 14.2 Å². The minimum atomic E-state index is -1.77. The summed E-state index contributed by atoms with van der Waals surface area (Å²) in [6.07, 6.45) is 10.6. The average Bonchev–Trinajstić information content (AvgIpc) is 3.15. The molecule has 1 aromatic carbocycles. The fraction of sp³-hybridized carbons (Fsp3) is 0.733. The molecule has 0 N–H and O–H groups in total. The number of carbonyl (C=O) groups is 2. The van der Waals surface area contributed by atoms with Crippen molar-refractivity contribution >= 4 is 20.1 Å². The lowest BCUT2D eigenvalue weighted by atomic mass is 9.98. The van der Waals surface area contributed by atoms with Gasteiger partial charge in [-0.05, 0) is 56.8 Å². The van der Waals surface area contributed by atoms with Gasteiger partial charge in [-0.15, -0.1) is 0 Å². The molecule has 7 heteroatoms. The van der Waals surface area contributed by atoms with Gasteiger partial charge in [-0.2, -0.15) is 0 Å². The molecule has 2 rings (SSSR count). The number of ketones is 1. The zero-order valence-electron chi connectivity index (χ0n) is 24.5. The molecule has 0 saturated carbocycles. The smallest absolute Gasteiger partial charge is 0.342 e. The molecule has 0 bridgehead atoms. The first-order valence-corrected chi connectivity index (χ1v) is 17.0. The van der Waals surface area contributed by atoms with Crippen LogP contribution in [-0.4, -0.2) is 40.4 Å². The van der Waals surface area contributed by atoms with Crippen LogP contribution in [0.5, 0.6) is 11.5 Å². The van der Waals surface area contributed by atoms with Crippen molar-refractivity contribution in [2.24, 2.45) is 0 Å². The monoisotopic (exact) mass is 534 g/mol. The van der Waals surface area contributed by atoms with Crippen molar-refractivity contribution in [2.75, 3.05) is 14.2 Å². The first-order chi connectivity index (χ1) is 17.4. The van der Waals surface area contributed by atoms with E-state index in [4.69, 9.17) is 18.6 Å². The number of carbonyl (C=O) groups excluding carboxylic acids is 2. The van der Waals surface area contributed by atoms with E-state index in [0.717, 1.165) is 56.9 Å². The van der Waals surface area contributed by atoms with E-state index in [-0.39, 0.29) is 23.2 Å². The molecule has 1 aliphatic rings. The summed E-state index contributed by atoms with van der Waals surface area (Å²) >= 11 is 0. The largest absolute Gasteiger partial charge is 0.497 e. The summed E-state index contributed by atoms with van der Waals surface area (Å²) in [4.78, 5) is 24.6. The predicted molar refractivity (Wildman–Crippen MR) is 151 cm³/mol. The predicted octanol–water partition coefficient (Wildman–Crippen LogP) is 8.19. The van der Waals surface area contributed by atoms with Crippen molar-refractivity contribution in [2.45, 2.75) is 129 Å². The normalized spacial score (nSPS) is 16.3. The molecule has 210 valence electrons. The molecule has 0 amide bonds. The van der Waals surface area contributed by atoms with E-state index in [1.807, 2.05) is 6.07 Å². The lowest BCUT2D eigenvalue weighted by molar-refractivity contribution is -0.119. The SMILES string of the molecule is COc1cc(OC)c2c(c1)C(CCCCCCCCCC(=O)CCC(C)O[Si](C)(C)C(C)(C)C)OC2=O. The van der Waals surface area contributed by atoms with E-state index in [9.17, 15) is 9.59 Å². The number of fused-ring (bicyclic) bond motifs is 1. The number of unbranched alkanes of at least 4 members (excludes halogenated alkanes) is 6. The molecule has 6 nitrogen and oxygen atoms in total. The molecular formula is C30H50O6Si. The second-order valence-electron chi connectivity index (χ2n) is 12.0. The lowest BCUT2D eigenvalue weighted by Crippen LogP contribution is -2.43. The second kappa shape index (κ2) is 14.3. The van der Waals surface area contributed by atoms with Crippen LogP contribution in [0.4, 0.5) is 0 Å². The van der Waals surface area contributed by atoms with Crippen molar-refractivity contribution in [1.82, 2.24) is 0 Å². The summed E-state index contributed by atoms with van der Waals surface area (Å²) in [5.41, 5.74) is 1.40. The number of Topliss-reactive ketones (excluding diaryl/α,β-unsaturated/α-hetero) is 1. The topological polar surface area (TPSA) is 71.1 Å². The molecular weight excluding hydrogens is 484 g/mol. The molecule has 1 heterocycles. The van der Waals surface area contributed by atoms with Gasteiger partial charge in [0.2, 0.25) is 0 Å². The van der Waals surface area contributed by atoms with Gasteiger partial charge in [-0.1, -0.05) is 52.9 Å². The Morgan fingerprint density at radius 3 is 2.19 bits per heavy atom. The zero-order valence-corrected chi connectivity index (χ0v) is 25.5. The van der Waals surface area contributed by atoms with E-state index >= 15 is 0 Å². The Morgan fingerprint density at radius 1 is 0.973 bits per heavy atom. The van der Waals surface area contributed by atoms with Crippen LogP contribution >= 0.6 is 0 Å². The first kappa shape index (κ1) is 31.4. The Kier molecular flexibility index (Phi) is 12.1. The Balaban J connectivity index is 1.56. The van der Waals surface area contributed by atoms with Crippen molar-refractivity contribution in [3.05, 3.63) is 23.3 Å². The van der Waals surface area contributed by atoms with Crippen LogP contribution < -0.4 is 9.47 Å². The van der Waals surface area contributed by atoms with E-state index < -0.39 is 8.32 Å². The zero-order chi connectivity index (χ0) is 27.6. The summed E-state index contributed by atoms with van der Waals surface area (Å²) in [5, 5.41) is 0.197. The van der Waals surface area contributed by atoms with Gasteiger partial charge in [0.15, 0.2) is 8.32 Å². The molecule has 1 aromatic rings. The third-order valence-corrected chi connectivity index (χ3v) is 12.5. The van der Waals surface area contributed by atoms with Crippen molar-refractivity contribution in [3.63, 3.8) is 0 Å². The van der Waals surface area contributed by atoms with Crippen LogP contribution in [0.25, 0.3) is 0 Å². The summed E-state index contributed by atoms with van der Waals surface area (Å²) in [7, 11) is 1.39. The fourth-order valence-corrected chi connectivity index (χ4v) is 6.07. The van der Waals surface area contributed by atoms with Crippen LogP contribution in [-0.2, 0) is 14.0 Å². The summed E-state index contributed by atoms with van der Waals surface area (Å²) in [6.45, 7) is 13.4. The van der Waals surface area contributed by atoms with Gasteiger partial charge in [-0.25, -0.2) is 4.79 Å². The standard InChI is InChI=1S/C30H50O6Si/c1-22(36-37(7,8)30(2,3)4)18-19-23(31)16-14-12-10-9-11-13-15-17-26-25-20-24(33-5)21-27(34-6)28(25)29(32)35-26/h20-22,26H,9-19H2,1-8H3. The number of hydrogen-bond donors (Lipinski definition) is 0. The molecule has 1 aliphatic heterocycles. The summed E-state index contributed by atoms with van der Waals surface area (Å²) < 4.78 is 22.7. The van der Waals surface area contributed by atoms with Gasteiger partial charge in [0.25, 0.3) is 0 Å². The Morgan fingerprint density at radius 2 is 1.59 bits per heavy atom. The molecule has 0 fully saturated rings. The highest BCUT2D eigenvalue weighted by Crippen LogP contribution is 2.42. The van der Waals surface area contributed by atoms with Gasteiger partial charge in [0, 0.05) is 30.6 Å². The highest BCUT2D eigenvalue weighted by molar-refractivity contribution is 6.74. The summed E-state index contributed by atoms with van der Waals surface area (Å²) in [6, 6.07) is 3.61. The van der Waals surface area contributed by atoms with Crippen LogP contribution in [0.1, 0.15) is 120 Å². The Hall–Kier alpha value is -1.86. The number of methoxy groups -OCH3 is 2. The number of esters is 1. The van der Waals surface area contributed by atoms with Gasteiger partial charge in [0.1, 0.15) is 28.9 Å². The molecule has 2 atom stereocenters. The maximum atomic E-state index is 12.3. The lowest BCUT2D eigenvalue weighted by Gasteiger charge is -2.38. The summed E-state index contributed by atoms with van der Waals surface area (Å²) in [5.74, 6) is 1.23. The average molecular weight is 535 g/mol. The minimum absolute atomic E-state index is 0.148. The molecule has 0 spiro atoms. The third-order valence-electron chi connectivity index (χ3n) is 7.92. The maximum Gasteiger partial charge on any atom is 0.342 e. The van der Waals surface area contributed by atoms with E-state index in [1.54, 1.807) is 20.3 Å². The van der Waals surface area contributed by atoms with E-state index in [2.05, 4.69) is 40.8 Å². The second-order valence-corrected chi connectivity index (χ2v) is 16.7. The minimum Gasteiger partial charge on any atom is -0.497 e. The van der Waals surface area contributed by atoms with E-state index in [1.165, 1.54) is 6.42 Å². The number of rotatable bonds is 17. The first-order valence-electron chi connectivity index (χ1n) is 14.1. The molecule has 37 heavy (non-hydrogen) atoms. The highest BCUT2D eigenvalue weighted by Gasteiger charge is 2.38. The van der Waals surface area contributed by atoms with Crippen LogP contribution in [0, 0.1) is 0 Å². The maximum absolute atomic E-state index is 12.3. The van der Waals surface area contributed by atoms with E-state index in [0.29, 0.717) is 35.7 Å². The van der Waals surface area contributed by atoms with Crippen LogP contribution in [0.3, 0.4) is 0 Å². The van der Waals surface area contributed by atoms with Crippen molar-refractivity contribution in [1.29, 1.82) is 0 Å². The van der Waals surface area contributed by atoms with Crippen molar-refractivity contribution < 1.29 is 28.2 Å². The van der Waals surface area contributed by atoms with Gasteiger partial charge < -0.3 is 18.6 Å². The van der Waals surface area contributed by atoms with Crippen LogP contribution in [0.15, 0.2) is 12.1 Å². The van der Waals surface area contributed by atoms with Gasteiger partial charge in [-0.3, -0.25) is 4.79 Å². The highest BCUT2D eigenvalue weighted by atomic mass is 28.4. The number of cyclic esters (lactones) is 1. The molecule has 0 aromatic heterocycles. The number of ether oxygens (including phenoxy) is 3.